The molecule has 0 aromatic carbocycles. The minimum atomic E-state index is -0.804. The Morgan fingerprint density at radius 3 is 1.29 bits per heavy atom. The molecule has 0 aliphatic heterocycles. The lowest BCUT2D eigenvalue weighted by Crippen LogP contribution is -2.46. The van der Waals surface area contributed by atoms with Crippen molar-refractivity contribution in [3.05, 3.63) is 72.9 Å². The number of amides is 1. The van der Waals surface area contributed by atoms with Crippen molar-refractivity contribution in [2.45, 2.75) is 283 Å². The molecule has 0 aliphatic rings. The van der Waals surface area contributed by atoms with E-state index in [9.17, 15) is 19.8 Å². The van der Waals surface area contributed by atoms with Crippen LogP contribution in [0.2, 0.25) is 0 Å². The summed E-state index contributed by atoms with van der Waals surface area (Å²) in [6.45, 7) is 6.36. The van der Waals surface area contributed by atoms with Gasteiger partial charge >= 0.3 is 5.97 Å². The van der Waals surface area contributed by atoms with Gasteiger partial charge in [-0.05, 0) is 89.9 Å². The predicted octanol–water partition coefficient (Wildman–Crippen LogP) is 17.0. The largest absolute Gasteiger partial charge is 0.462 e. The van der Waals surface area contributed by atoms with E-state index in [-0.39, 0.29) is 24.9 Å². The maximum Gasteiger partial charge on any atom is 0.306 e. The molecule has 65 heavy (non-hydrogen) atoms. The number of aliphatic hydroxyl groups excluding tert-OH is 2. The molecule has 376 valence electrons. The van der Waals surface area contributed by atoms with Crippen molar-refractivity contribution in [1.82, 2.24) is 5.32 Å². The highest BCUT2D eigenvalue weighted by Gasteiger charge is 2.24. The molecule has 1 amide bonds. The Morgan fingerprint density at radius 2 is 0.831 bits per heavy atom. The van der Waals surface area contributed by atoms with Crippen LogP contribution in [0.25, 0.3) is 0 Å². The van der Waals surface area contributed by atoms with Crippen molar-refractivity contribution in [3.8, 4) is 0 Å². The average molecular weight is 908 g/mol. The van der Waals surface area contributed by atoms with Crippen molar-refractivity contribution in [3.63, 3.8) is 0 Å². The normalized spacial score (nSPS) is 13.7. The van der Waals surface area contributed by atoms with E-state index in [1.807, 2.05) is 0 Å². The van der Waals surface area contributed by atoms with Crippen molar-refractivity contribution < 1.29 is 24.5 Å². The summed E-state index contributed by atoms with van der Waals surface area (Å²) in [5.41, 5.74) is 0. The fraction of sp³-hybridized carbons (Fsp3) is 0.763. The molecular weight excluding hydrogens is 803 g/mol. The van der Waals surface area contributed by atoms with E-state index in [0.717, 1.165) is 89.9 Å². The van der Waals surface area contributed by atoms with Crippen LogP contribution in [-0.4, -0.2) is 46.9 Å². The number of nitrogens with one attached hydrogen (secondary N) is 1. The van der Waals surface area contributed by atoms with Gasteiger partial charge in [-0.15, -0.1) is 0 Å². The van der Waals surface area contributed by atoms with Crippen molar-refractivity contribution in [1.29, 1.82) is 0 Å². The summed E-state index contributed by atoms with van der Waals surface area (Å²) in [7, 11) is 0. The van der Waals surface area contributed by atoms with Crippen LogP contribution in [0.3, 0.4) is 0 Å². The minimum absolute atomic E-state index is 0.0427. The molecule has 0 radical (unpaired) electrons. The molecule has 0 rings (SSSR count). The summed E-state index contributed by atoms with van der Waals surface area (Å²) < 4.78 is 5.91. The van der Waals surface area contributed by atoms with E-state index in [1.165, 1.54) is 122 Å². The molecule has 6 heteroatoms. The number of rotatable bonds is 49. The number of unbranched alkanes of at least 4 members (excludes halogenated alkanes) is 25. The zero-order chi connectivity index (χ0) is 47.4. The molecule has 0 aromatic heterocycles. The highest BCUT2D eigenvalue weighted by Crippen LogP contribution is 2.17. The van der Waals surface area contributed by atoms with Crippen LogP contribution in [0.1, 0.15) is 265 Å². The maximum atomic E-state index is 13.2. The second kappa shape index (κ2) is 52.3. The van der Waals surface area contributed by atoms with Gasteiger partial charge in [0.25, 0.3) is 0 Å². The van der Waals surface area contributed by atoms with Gasteiger partial charge in [-0.3, -0.25) is 9.59 Å². The standard InChI is InChI=1S/C59H105NO5/c1-4-7-10-13-16-19-22-25-28-29-31-34-37-40-43-46-49-52-59(64)65-55(50-47-44-41-38-35-32-27-24-21-18-15-12-9-6-3)53-58(63)60-56(54-61)57(62)51-48-45-42-39-36-33-30-26-23-20-17-14-11-8-5-2/h7,10,16,19,25,28,31-32,34-35,40,43,55-57,61-62H,4-6,8-9,11-15,17-18,20-24,26-27,29-30,33,36-39,41-42,44-54H2,1-3H3,(H,60,63)/b10-7-,19-16-,28-25-,34-31-,35-32+,43-40-. The Balaban J connectivity index is 4.66. The van der Waals surface area contributed by atoms with Crippen LogP contribution >= 0.6 is 0 Å². The first-order valence-corrected chi connectivity index (χ1v) is 27.7. The van der Waals surface area contributed by atoms with Crippen molar-refractivity contribution >= 4 is 11.9 Å². The van der Waals surface area contributed by atoms with E-state index < -0.39 is 18.2 Å². The van der Waals surface area contributed by atoms with Gasteiger partial charge in [0.1, 0.15) is 6.10 Å². The van der Waals surface area contributed by atoms with Gasteiger partial charge in [0.05, 0.1) is 25.2 Å². The molecule has 0 aliphatic carbocycles. The van der Waals surface area contributed by atoms with E-state index >= 15 is 0 Å². The maximum absolute atomic E-state index is 13.2. The second-order valence-electron chi connectivity index (χ2n) is 18.6. The number of hydrogen-bond acceptors (Lipinski definition) is 5. The topological polar surface area (TPSA) is 95.9 Å². The van der Waals surface area contributed by atoms with Gasteiger partial charge in [0.2, 0.25) is 5.91 Å². The minimum Gasteiger partial charge on any atom is -0.462 e. The first-order valence-electron chi connectivity index (χ1n) is 27.7. The van der Waals surface area contributed by atoms with Crippen LogP contribution < -0.4 is 5.32 Å². The van der Waals surface area contributed by atoms with Gasteiger partial charge in [0.15, 0.2) is 0 Å². The Bertz CT molecular complexity index is 1200. The van der Waals surface area contributed by atoms with Crippen LogP contribution in [0.4, 0.5) is 0 Å². The first-order chi connectivity index (χ1) is 32.0. The molecule has 6 nitrogen and oxygen atoms in total. The molecule has 0 spiro atoms. The summed E-state index contributed by atoms with van der Waals surface area (Å²) in [4.78, 5) is 26.2. The molecule has 3 unspecified atom stereocenters. The Hall–Kier alpha value is -2.70. The fourth-order valence-electron chi connectivity index (χ4n) is 8.11. The van der Waals surface area contributed by atoms with Crippen LogP contribution in [0.5, 0.6) is 0 Å². The lowest BCUT2D eigenvalue weighted by Gasteiger charge is -2.24. The molecule has 0 aromatic rings. The summed E-state index contributed by atoms with van der Waals surface area (Å²) in [6, 6.07) is -0.721. The molecule has 0 bridgehead atoms. The molecule has 0 heterocycles. The third-order valence-corrected chi connectivity index (χ3v) is 12.3. The third kappa shape index (κ3) is 47.6. The Kier molecular flexibility index (Phi) is 50.1. The Morgan fingerprint density at radius 1 is 0.462 bits per heavy atom. The SMILES string of the molecule is CC/C=C\C/C=C\C/C=C\C/C=C\C/C=C\CCCC(=O)OC(CCCCC/C=C/CCCCCCCCC)CC(=O)NC(CO)C(O)CCCCCCCCCCCCCCCCC. The Labute approximate surface area is 402 Å². The zero-order valence-electron chi connectivity index (χ0n) is 42.9. The van der Waals surface area contributed by atoms with Gasteiger partial charge < -0.3 is 20.3 Å². The quantitative estimate of drug-likeness (QED) is 0.0321. The zero-order valence-corrected chi connectivity index (χ0v) is 42.9. The summed E-state index contributed by atoms with van der Waals surface area (Å²) in [5, 5.41) is 23.8. The van der Waals surface area contributed by atoms with E-state index in [0.29, 0.717) is 25.7 Å². The van der Waals surface area contributed by atoms with Gasteiger partial charge in [0, 0.05) is 6.42 Å². The molecular formula is C59H105NO5. The lowest BCUT2D eigenvalue weighted by molar-refractivity contribution is -0.151. The first kappa shape index (κ1) is 62.3. The summed E-state index contributed by atoms with van der Waals surface area (Å²) in [5.74, 6) is -0.556. The van der Waals surface area contributed by atoms with Crippen molar-refractivity contribution in [2.24, 2.45) is 0 Å². The van der Waals surface area contributed by atoms with Gasteiger partial charge in [-0.25, -0.2) is 0 Å². The second-order valence-corrected chi connectivity index (χ2v) is 18.6. The predicted molar refractivity (Wildman–Crippen MR) is 282 cm³/mol. The molecule has 3 atom stereocenters. The fourth-order valence-corrected chi connectivity index (χ4v) is 8.11. The van der Waals surface area contributed by atoms with E-state index in [1.54, 1.807) is 0 Å². The highest BCUT2D eigenvalue weighted by atomic mass is 16.5. The lowest BCUT2D eigenvalue weighted by atomic mass is 10.0. The van der Waals surface area contributed by atoms with Gasteiger partial charge in [-0.1, -0.05) is 235 Å². The number of hydrogen-bond donors (Lipinski definition) is 3. The molecule has 0 saturated heterocycles. The third-order valence-electron chi connectivity index (χ3n) is 12.3. The molecule has 3 N–H and O–H groups in total. The number of carbonyl (C=O) groups is 2. The number of esters is 1. The number of carbonyl (C=O) groups excluding carboxylic acids is 2. The van der Waals surface area contributed by atoms with Crippen LogP contribution in [-0.2, 0) is 14.3 Å². The average Bonchev–Trinajstić information content (AvgIpc) is 3.30. The number of allylic oxidation sites excluding steroid dienone is 12. The molecule has 0 fully saturated rings. The number of ether oxygens (including phenoxy) is 1. The van der Waals surface area contributed by atoms with Crippen LogP contribution in [0, 0.1) is 0 Å². The highest BCUT2D eigenvalue weighted by molar-refractivity contribution is 5.77. The van der Waals surface area contributed by atoms with E-state index in [2.05, 4.69) is 99.0 Å². The molecule has 0 saturated carbocycles. The van der Waals surface area contributed by atoms with E-state index in [4.69, 9.17) is 4.74 Å². The number of aliphatic hydroxyl groups is 2. The van der Waals surface area contributed by atoms with Crippen LogP contribution in [0.15, 0.2) is 72.9 Å². The van der Waals surface area contributed by atoms with Crippen molar-refractivity contribution in [2.75, 3.05) is 6.61 Å². The van der Waals surface area contributed by atoms with Gasteiger partial charge in [-0.2, -0.15) is 0 Å². The summed E-state index contributed by atoms with van der Waals surface area (Å²) in [6.07, 6.45) is 66.8. The smallest absolute Gasteiger partial charge is 0.306 e. The summed E-state index contributed by atoms with van der Waals surface area (Å²) >= 11 is 0. The monoisotopic (exact) mass is 908 g/mol.